The Morgan fingerprint density at radius 3 is 2.38 bits per heavy atom. The lowest BCUT2D eigenvalue weighted by molar-refractivity contribution is -0.143. The largest absolute Gasteiger partial charge is 0.475 e. The van der Waals surface area contributed by atoms with E-state index in [0.29, 0.717) is 38.8 Å². The predicted octanol–water partition coefficient (Wildman–Crippen LogP) is 0.0989. The third-order valence-electron chi connectivity index (χ3n) is 5.02. The number of nitrogens with one attached hydrogen (secondary N) is 2. The van der Waals surface area contributed by atoms with Crippen LogP contribution in [0.3, 0.4) is 0 Å². The molecule has 7 nitrogen and oxygen atoms in total. The third-order valence-corrected chi connectivity index (χ3v) is 5.02. The zero-order chi connectivity index (χ0) is 19.0. The van der Waals surface area contributed by atoms with E-state index in [9.17, 15) is 19.6 Å². The van der Waals surface area contributed by atoms with Gasteiger partial charge in [-0.1, -0.05) is 43.2 Å². The van der Waals surface area contributed by atoms with Crippen LogP contribution in [0, 0.1) is 5.41 Å². The number of hydrogen-bond donors (Lipinski definition) is 5. The SMILES string of the molecule is NCCCC(NC(=O)C1(C(=O)NCc2ccccc2)CCCC1)B(O)O. The molecule has 2 rings (SSSR count). The molecule has 1 aliphatic carbocycles. The van der Waals surface area contributed by atoms with Gasteiger partial charge in [-0.05, 0) is 37.8 Å². The molecule has 142 valence electrons. The number of benzene rings is 1. The van der Waals surface area contributed by atoms with Crippen molar-refractivity contribution in [1.82, 2.24) is 10.6 Å². The lowest BCUT2D eigenvalue weighted by atomic mass is 9.75. The first-order valence-electron chi connectivity index (χ1n) is 9.19. The third kappa shape index (κ3) is 5.06. The summed E-state index contributed by atoms with van der Waals surface area (Å²) in [4.78, 5) is 25.7. The highest BCUT2D eigenvalue weighted by Gasteiger charge is 2.48. The summed E-state index contributed by atoms with van der Waals surface area (Å²) in [6.45, 7) is 0.746. The van der Waals surface area contributed by atoms with Crippen LogP contribution in [0.4, 0.5) is 0 Å². The summed E-state index contributed by atoms with van der Waals surface area (Å²) in [6.07, 6.45) is 3.41. The normalized spacial score (nSPS) is 16.7. The summed E-state index contributed by atoms with van der Waals surface area (Å²) in [7, 11) is -1.68. The van der Waals surface area contributed by atoms with E-state index >= 15 is 0 Å². The van der Waals surface area contributed by atoms with E-state index in [1.807, 2.05) is 30.3 Å². The zero-order valence-electron chi connectivity index (χ0n) is 15.0. The minimum absolute atomic E-state index is 0.304. The van der Waals surface area contributed by atoms with E-state index in [-0.39, 0.29) is 5.91 Å². The Bertz CT molecular complexity index is 591. The quantitative estimate of drug-likeness (QED) is 0.315. The van der Waals surface area contributed by atoms with Crippen molar-refractivity contribution in [3.63, 3.8) is 0 Å². The number of carbonyl (C=O) groups is 2. The summed E-state index contributed by atoms with van der Waals surface area (Å²) in [6, 6.07) is 9.51. The van der Waals surface area contributed by atoms with Gasteiger partial charge in [-0.15, -0.1) is 0 Å². The van der Waals surface area contributed by atoms with Crippen molar-refractivity contribution in [3.05, 3.63) is 35.9 Å². The molecule has 0 bridgehead atoms. The lowest BCUT2D eigenvalue weighted by Gasteiger charge is -2.29. The van der Waals surface area contributed by atoms with Gasteiger partial charge in [0.05, 0.1) is 5.94 Å². The van der Waals surface area contributed by atoms with Crippen LogP contribution in [-0.4, -0.2) is 41.5 Å². The molecule has 1 fully saturated rings. The maximum atomic E-state index is 12.9. The number of hydrogen-bond acceptors (Lipinski definition) is 5. The molecule has 1 aliphatic rings. The van der Waals surface area contributed by atoms with E-state index in [1.54, 1.807) is 0 Å². The van der Waals surface area contributed by atoms with Gasteiger partial charge < -0.3 is 26.4 Å². The van der Waals surface area contributed by atoms with Gasteiger partial charge in [-0.2, -0.15) is 0 Å². The summed E-state index contributed by atoms with van der Waals surface area (Å²) in [5, 5.41) is 24.5. The fraction of sp³-hybridized carbons (Fsp3) is 0.556. The molecule has 8 heteroatoms. The topological polar surface area (TPSA) is 125 Å². The molecule has 0 saturated heterocycles. The van der Waals surface area contributed by atoms with Crippen LogP contribution in [0.1, 0.15) is 44.1 Å². The Morgan fingerprint density at radius 2 is 1.81 bits per heavy atom. The Hall–Kier alpha value is -1.90. The molecular weight excluding hydrogens is 333 g/mol. The minimum atomic E-state index is -1.68. The van der Waals surface area contributed by atoms with Crippen molar-refractivity contribution < 1.29 is 19.6 Å². The van der Waals surface area contributed by atoms with Crippen molar-refractivity contribution in [3.8, 4) is 0 Å². The molecule has 0 aliphatic heterocycles. The van der Waals surface area contributed by atoms with E-state index in [0.717, 1.165) is 18.4 Å². The highest BCUT2D eigenvalue weighted by Crippen LogP contribution is 2.39. The first-order chi connectivity index (χ1) is 12.5. The second-order valence-corrected chi connectivity index (χ2v) is 6.88. The lowest BCUT2D eigenvalue weighted by Crippen LogP contribution is -2.55. The van der Waals surface area contributed by atoms with Gasteiger partial charge in [0, 0.05) is 6.54 Å². The number of nitrogens with two attached hydrogens (primary N) is 1. The number of carbonyl (C=O) groups excluding carboxylic acids is 2. The van der Waals surface area contributed by atoms with E-state index in [1.165, 1.54) is 0 Å². The van der Waals surface area contributed by atoms with Gasteiger partial charge in [-0.25, -0.2) is 0 Å². The maximum Gasteiger partial charge on any atom is 0.475 e. The molecule has 1 unspecified atom stereocenters. The van der Waals surface area contributed by atoms with Gasteiger partial charge in [0.2, 0.25) is 11.8 Å². The standard InChI is InChI=1S/C18H28BN3O4/c20-12-6-9-15(19(25)26)22-17(24)18(10-4-5-11-18)16(23)21-13-14-7-2-1-3-8-14/h1-3,7-8,15,25-26H,4-6,9-13,20H2,(H,21,23)(H,22,24). The van der Waals surface area contributed by atoms with Gasteiger partial charge >= 0.3 is 7.12 Å². The molecule has 1 atom stereocenters. The summed E-state index contributed by atoms with van der Waals surface area (Å²) >= 11 is 0. The smallest absolute Gasteiger partial charge is 0.426 e. The van der Waals surface area contributed by atoms with Crippen LogP contribution in [0.2, 0.25) is 0 Å². The molecule has 0 spiro atoms. The molecule has 1 aromatic rings. The average molecular weight is 361 g/mol. The van der Waals surface area contributed by atoms with Crippen molar-refractivity contribution in [2.24, 2.45) is 11.1 Å². The van der Waals surface area contributed by atoms with Crippen molar-refractivity contribution >= 4 is 18.9 Å². The van der Waals surface area contributed by atoms with E-state index < -0.39 is 24.4 Å². The van der Waals surface area contributed by atoms with Crippen LogP contribution in [0.25, 0.3) is 0 Å². The summed E-state index contributed by atoms with van der Waals surface area (Å²) in [5.41, 5.74) is 5.27. The van der Waals surface area contributed by atoms with Crippen molar-refractivity contribution in [2.45, 2.75) is 51.0 Å². The molecule has 6 N–H and O–H groups in total. The summed E-state index contributed by atoms with van der Waals surface area (Å²) in [5.74, 6) is -1.57. The van der Waals surface area contributed by atoms with E-state index in [2.05, 4.69) is 10.6 Å². The van der Waals surface area contributed by atoms with Crippen LogP contribution in [-0.2, 0) is 16.1 Å². The van der Waals surface area contributed by atoms with E-state index in [4.69, 9.17) is 5.73 Å². The highest BCUT2D eigenvalue weighted by molar-refractivity contribution is 6.43. The fourth-order valence-electron chi connectivity index (χ4n) is 3.42. The molecule has 1 saturated carbocycles. The molecule has 0 radical (unpaired) electrons. The van der Waals surface area contributed by atoms with Gasteiger partial charge in [0.25, 0.3) is 0 Å². The van der Waals surface area contributed by atoms with Gasteiger partial charge in [0.15, 0.2) is 0 Å². The molecule has 0 heterocycles. The van der Waals surface area contributed by atoms with Crippen LogP contribution < -0.4 is 16.4 Å². The molecule has 0 aromatic heterocycles. The molecular formula is C18H28BN3O4. The zero-order valence-corrected chi connectivity index (χ0v) is 15.0. The summed E-state index contributed by atoms with van der Waals surface area (Å²) < 4.78 is 0. The molecule has 1 aromatic carbocycles. The second kappa shape index (κ2) is 9.71. The average Bonchev–Trinajstić information content (AvgIpc) is 3.15. The predicted molar refractivity (Wildman–Crippen MR) is 99.6 cm³/mol. The fourth-order valence-corrected chi connectivity index (χ4v) is 3.42. The Kier molecular flexibility index (Phi) is 7.62. The first kappa shape index (κ1) is 20.4. The van der Waals surface area contributed by atoms with Gasteiger partial charge in [-0.3, -0.25) is 9.59 Å². The maximum absolute atomic E-state index is 12.9. The van der Waals surface area contributed by atoms with Crippen molar-refractivity contribution in [2.75, 3.05) is 6.54 Å². The minimum Gasteiger partial charge on any atom is -0.426 e. The second-order valence-electron chi connectivity index (χ2n) is 6.88. The monoisotopic (exact) mass is 361 g/mol. The molecule has 26 heavy (non-hydrogen) atoms. The first-order valence-corrected chi connectivity index (χ1v) is 9.19. The van der Waals surface area contributed by atoms with Crippen LogP contribution in [0.15, 0.2) is 30.3 Å². The van der Waals surface area contributed by atoms with Crippen molar-refractivity contribution in [1.29, 1.82) is 0 Å². The van der Waals surface area contributed by atoms with Gasteiger partial charge in [0.1, 0.15) is 5.41 Å². The van der Waals surface area contributed by atoms with Crippen LogP contribution >= 0.6 is 0 Å². The Balaban J connectivity index is 2.04. The Morgan fingerprint density at radius 1 is 1.15 bits per heavy atom. The number of amides is 2. The highest BCUT2D eigenvalue weighted by atomic mass is 16.4. The van der Waals surface area contributed by atoms with Crippen LogP contribution in [0.5, 0.6) is 0 Å². The molecule has 2 amide bonds. The Labute approximate surface area is 154 Å². The number of rotatable bonds is 9.